The van der Waals surface area contributed by atoms with Gasteiger partial charge in [0.25, 0.3) is 5.70 Å². The summed E-state index contributed by atoms with van der Waals surface area (Å²) in [5, 5.41) is 9.55. The van der Waals surface area contributed by atoms with Crippen LogP contribution in [0.15, 0.2) is 57.2 Å². The van der Waals surface area contributed by atoms with Crippen molar-refractivity contribution < 1.29 is 57.2 Å². The molecule has 1 aliphatic heterocycles. The van der Waals surface area contributed by atoms with Gasteiger partial charge in [0.05, 0.1) is 76.8 Å². The summed E-state index contributed by atoms with van der Waals surface area (Å²) < 4.78 is 32.7. The van der Waals surface area contributed by atoms with Gasteiger partial charge in [0.1, 0.15) is 11.5 Å². The Morgan fingerprint density at radius 3 is 1.30 bits per heavy atom. The molecule has 0 atom stereocenters. The number of hydrogen-bond acceptors (Lipinski definition) is 15. The Bertz CT molecular complexity index is 1650. The minimum atomic E-state index is -0.502. The molecule has 2 saturated carbocycles. The molecule has 0 N–H and O–H groups in total. The van der Waals surface area contributed by atoms with Crippen LogP contribution in [-0.4, -0.2) is 62.2 Å². The summed E-state index contributed by atoms with van der Waals surface area (Å²) in [4.78, 5) is 78.3. The van der Waals surface area contributed by atoms with E-state index in [0.717, 1.165) is 35.7 Å². The molecule has 0 aromatic heterocycles. The van der Waals surface area contributed by atoms with Crippen molar-refractivity contribution in [2.45, 2.75) is 86.8 Å². The summed E-state index contributed by atoms with van der Waals surface area (Å²) >= 11 is 2.18. The standard InChI is InChI=1S/C40H44N2O12S2/c1-4-32(43)49-20-6-8-22-51-36(45)25-10-14-27(15-11-25)38(47)53-30-18-19-31(35-34(30)55-40(56-35)29(24-41)42-3)54-39(48)28-16-12-26(13-17-28)37(46)52-23-9-7-21-50-33(44)5-2/h4-5,18-19,25-28H,1-2,6-17,20-23H2. The Kier molecular flexibility index (Phi) is 17.5. The summed E-state index contributed by atoms with van der Waals surface area (Å²) in [5.41, 5.74) is -0.145. The quantitative estimate of drug-likeness (QED) is 0.0280. The van der Waals surface area contributed by atoms with Gasteiger partial charge < -0.3 is 28.4 Å². The van der Waals surface area contributed by atoms with Crippen molar-refractivity contribution in [1.29, 1.82) is 5.26 Å². The first-order valence-corrected chi connectivity index (χ1v) is 20.1. The molecule has 2 aliphatic carbocycles. The van der Waals surface area contributed by atoms with E-state index in [9.17, 15) is 34.0 Å². The zero-order valence-electron chi connectivity index (χ0n) is 31.0. The van der Waals surface area contributed by atoms with Crippen LogP contribution in [0.5, 0.6) is 11.5 Å². The number of esters is 6. The van der Waals surface area contributed by atoms with Crippen LogP contribution in [0.2, 0.25) is 0 Å². The van der Waals surface area contributed by atoms with E-state index in [4.69, 9.17) is 35.0 Å². The topological polar surface area (TPSA) is 186 Å². The molecule has 0 amide bonds. The third kappa shape index (κ3) is 12.7. The first kappa shape index (κ1) is 43.7. The molecule has 16 heteroatoms. The molecule has 0 saturated heterocycles. The lowest BCUT2D eigenvalue weighted by atomic mass is 9.82. The van der Waals surface area contributed by atoms with E-state index in [-0.39, 0.29) is 67.4 Å². The van der Waals surface area contributed by atoms with Gasteiger partial charge in [-0.25, -0.2) is 19.7 Å². The highest BCUT2D eigenvalue weighted by atomic mass is 32.2. The molecule has 0 bridgehead atoms. The average Bonchev–Trinajstić information content (AvgIpc) is 3.67. The second-order valence-electron chi connectivity index (χ2n) is 13.2. The first-order chi connectivity index (χ1) is 27.1. The predicted octanol–water partition coefficient (Wildman–Crippen LogP) is 7.03. The maximum Gasteiger partial charge on any atom is 0.330 e. The van der Waals surface area contributed by atoms with Crippen LogP contribution in [-0.2, 0) is 47.7 Å². The molecule has 3 aliphatic rings. The molecule has 1 heterocycles. The van der Waals surface area contributed by atoms with Gasteiger partial charge in [-0.15, -0.1) is 0 Å². The minimum absolute atomic E-state index is 0.145. The molecule has 4 rings (SSSR count). The fourth-order valence-corrected chi connectivity index (χ4v) is 8.74. The molecule has 0 unspecified atom stereocenters. The molecule has 2 fully saturated rings. The van der Waals surface area contributed by atoms with E-state index < -0.39 is 35.7 Å². The number of hydrogen-bond donors (Lipinski definition) is 0. The molecule has 1 aromatic carbocycles. The monoisotopic (exact) mass is 808 g/mol. The van der Waals surface area contributed by atoms with Crippen LogP contribution >= 0.6 is 23.5 Å². The van der Waals surface area contributed by atoms with E-state index in [0.29, 0.717) is 91.1 Å². The fraction of sp³-hybridized carbons (Fsp3) is 0.500. The second-order valence-corrected chi connectivity index (χ2v) is 15.5. The van der Waals surface area contributed by atoms with Crippen molar-refractivity contribution in [2.75, 3.05) is 26.4 Å². The van der Waals surface area contributed by atoms with E-state index in [1.54, 1.807) is 0 Å². The molecule has 0 spiro atoms. The number of fused-ring (bicyclic) bond motifs is 1. The molecule has 1 aromatic rings. The zero-order valence-corrected chi connectivity index (χ0v) is 32.6. The second kappa shape index (κ2) is 22.5. The van der Waals surface area contributed by atoms with Gasteiger partial charge in [-0.2, -0.15) is 0 Å². The van der Waals surface area contributed by atoms with Gasteiger partial charge in [0.15, 0.2) is 0 Å². The predicted molar refractivity (Wildman–Crippen MR) is 202 cm³/mol. The summed E-state index contributed by atoms with van der Waals surface area (Å²) in [6, 6.07) is 4.94. The lowest BCUT2D eigenvalue weighted by molar-refractivity contribution is -0.152. The van der Waals surface area contributed by atoms with Crippen LogP contribution in [0.1, 0.15) is 77.0 Å². The van der Waals surface area contributed by atoms with Gasteiger partial charge in [-0.3, -0.25) is 19.2 Å². The summed E-state index contributed by atoms with van der Waals surface area (Å²) in [7, 11) is 0. The van der Waals surface area contributed by atoms with Crippen LogP contribution in [0, 0.1) is 41.6 Å². The smallest absolute Gasteiger partial charge is 0.330 e. The molecule has 56 heavy (non-hydrogen) atoms. The van der Waals surface area contributed by atoms with Crippen LogP contribution in [0.25, 0.3) is 4.85 Å². The van der Waals surface area contributed by atoms with Crippen molar-refractivity contribution in [1.82, 2.24) is 0 Å². The highest BCUT2D eigenvalue weighted by Crippen LogP contribution is 2.59. The maximum atomic E-state index is 13.3. The number of rotatable bonds is 18. The lowest BCUT2D eigenvalue weighted by Crippen LogP contribution is -2.30. The Morgan fingerprint density at radius 1 is 0.643 bits per heavy atom. The number of carbonyl (C=O) groups excluding carboxylic acids is 6. The highest BCUT2D eigenvalue weighted by molar-refractivity contribution is 8.24. The molecular formula is C40H44N2O12S2. The van der Waals surface area contributed by atoms with Crippen molar-refractivity contribution in [2.24, 2.45) is 23.7 Å². The van der Waals surface area contributed by atoms with Crippen molar-refractivity contribution in [3.05, 3.63) is 58.8 Å². The molecule has 14 nitrogen and oxygen atoms in total. The largest absolute Gasteiger partial charge is 0.465 e. The summed E-state index contributed by atoms with van der Waals surface area (Å²) in [6.45, 7) is 14.9. The molecular weight excluding hydrogens is 765 g/mol. The van der Waals surface area contributed by atoms with Crippen LogP contribution in [0.4, 0.5) is 0 Å². The Balaban J connectivity index is 1.28. The van der Waals surface area contributed by atoms with Gasteiger partial charge in [-0.1, -0.05) is 36.7 Å². The Labute approximate surface area is 334 Å². The normalized spacial score (nSPS) is 19.8. The van der Waals surface area contributed by atoms with E-state index >= 15 is 0 Å². The van der Waals surface area contributed by atoms with E-state index in [1.165, 1.54) is 12.1 Å². The number of benzene rings is 1. The lowest BCUT2D eigenvalue weighted by Gasteiger charge is -2.26. The number of allylic oxidation sites excluding steroid dienone is 1. The number of unbranched alkanes of at least 4 members (excludes halogenated alkanes) is 2. The SMILES string of the molecule is [C-]#[N+]C(C#N)=C1Sc2c(OC(=O)C3CCC(C(=O)OCCCCOC(=O)C=C)CC3)ccc(OC(=O)C3CCC(C(=O)OCCCCOC(=O)C=C)CC3)c2S1. The number of ether oxygens (including phenoxy) is 6. The fourth-order valence-electron chi connectivity index (χ4n) is 6.27. The van der Waals surface area contributed by atoms with Crippen LogP contribution < -0.4 is 9.47 Å². The minimum Gasteiger partial charge on any atom is -0.465 e. The number of thioether (sulfide) groups is 2. The van der Waals surface area contributed by atoms with E-state index in [2.05, 4.69) is 18.0 Å². The average molecular weight is 809 g/mol. The van der Waals surface area contributed by atoms with Crippen LogP contribution in [0.3, 0.4) is 0 Å². The van der Waals surface area contributed by atoms with Gasteiger partial charge in [-0.05, 0) is 89.2 Å². The van der Waals surface area contributed by atoms with Gasteiger partial charge in [0.2, 0.25) is 0 Å². The van der Waals surface area contributed by atoms with Crippen molar-refractivity contribution in [3.8, 4) is 17.6 Å². The van der Waals surface area contributed by atoms with Crippen molar-refractivity contribution >= 4 is 59.3 Å². The molecule has 0 radical (unpaired) electrons. The summed E-state index contributed by atoms with van der Waals surface area (Å²) in [5.74, 6) is -3.79. The maximum absolute atomic E-state index is 13.3. The van der Waals surface area contributed by atoms with E-state index in [1.807, 2.05) is 6.07 Å². The number of nitriles is 1. The van der Waals surface area contributed by atoms with Gasteiger partial charge >= 0.3 is 35.8 Å². The summed E-state index contributed by atoms with van der Waals surface area (Å²) in [6.07, 6.45) is 7.86. The third-order valence-corrected chi connectivity index (χ3v) is 12.0. The third-order valence-electron chi connectivity index (χ3n) is 9.44. The highest BCUT2D eigenvalue weighted by Gasteiger charge is 2.36. The zero-order chi connectivity index (χ0) is 40.5. The number of carbonyl (C=O) groups is 6. The van der Waals surface area contributed by atoms with Crippen molar-refractivity contribution in [3.63, 3.8) is 0 Å². The Morgan fingerprint density at radius 2 is 0.982 bits per heavy atom. The Hall–Kier alpha value is -5.06. The molecule has 298 valence electrons. The van der Waals surface area contributed by atoms with Gasteiger partial charge in [0, 0.05) is 12.2 Å². The number of nitrogens with zero attached hydrogens (tertiary/aromatic N) is 2. The first-order valence-electron chi connectivity index (χ1n) is 18.5.